The zero-order chi connectivity index (χ0) is 16.3. The van der Waals surface area contributed by atoms with Crippen LogP contribution >= 0.6 is 0 Å². The lowest BCUT2D eigenvalue weighted by Gasteiger charge is -2.40. The quantitative estimate of drug-likeness (QED) is 0.929. The van der Waals surface area contributed by atoms with Crippen molar-refractivity contribution in [3.05, 3.63) is 35.4 Å². The van der Waals surface area contributed by atoms with Gasteiger partial charge in [-0.2, -0.15) is 0 Å². The maximum absolute atomic E-state index is 12.4. The van der Waals surface area contributed by atoms with E-state index in [0.717, 1.165) is 38.1 Å². The van der Waals surface area contributed by atoms with Crippen molar-refractivity contribution in [2.75, 3.05) is 26.2 Å². The van der Waals surface area contributed by atoms with Gasteiger partial charge in [0.1, 0.15) is 0 Å². The molecule has 0 aromatic heterocycles. The zero-order valence-electron chi connectivity index (χ0n) is 14.3. The summed E-state index contributed by atoms with van der Waals surface area (Å²) in [4.78, 5) is 14.6. The lowest BCUT2D eigenvalue weighted by molar-refractivity contribution is -0.130. The third kappa shape index (κ3) is 4.12. The number of ether oxygens (including phenoxy) is 1. The van der Waals surface area contributed by atoms with Gasteiger partial charge in [-0.1, -0.05) is 42.7 Å². The molecule has 1 N–H and O–H groups in total. The molecule has 1 atom stereocenters. The predicted octanol–water partition coefficient (Wildman–Crippen LogP) is 2.82. The molecule has 1 spiro atoms. The highest BCUT2D eigenvalue weighted by molar-refractivity contribution is 5.78. The minimum absolute atomic E-state index is 0.0289. The van der Waals surface area contributed by atoms with Gasteiger partial charge in [-0.05, 0) is 32.3 Å². The van der Waals surface area contributed by atoms with E-state index in [1.54, 1.807) is 0 Å². The Balaban J connectivity index is 1.51. The first-order valence-electron chi connectivity index (χ1n) is 8.79. The molecule has 1 aliphatic heterocycles. The summed E-state index contributed by atoms with van der Waals surface area (Å²) in [6.07, 6.45) is 4.80. The number of hydrogen-bond donors (Lipinski definition) is 1. The van der Waals surface area contributed by atoms with Crippen molar-refractivity contribution in [2.24, 2.45) is 0 Å². The van der Waals surface area contributed by atoms with Crippen LogP contribution in [0.1, 0.15) is 49.8 Å². The van der Waals surface area contributed by atoms with Crippen LogP contribution in [0.5, 0.6) is 0 Å². The van der Waals surface area contributed by atoms with Crippen LogP contribution < -0.4 is 5.32 Å². The summed E-state index contributed by atoms with van der Waals surface area (Å²) < 4.78 is 6.03. The van der Waals surface area contributed by atoms with Gasteiger partial charge in [-0.15, -0.1) is 0 Å². The van der Waals surface area contributed by atoms with E-state index in [1.165, 1.54) is 18.4 Å². The molecule has 1 aromatic carbocycles. The molecule has 0 radical (unpaired) electrons. The van der Waals surface area contributed by atoms with Crippen molar-refractivity contribution in [1.29, 1.82) is 0 Å². The second kappa shape index (κ2) is 7.02. The second-order valence-corrected chi connectivity index (χ2v) is 7.15. The van der Waals surface area contributed by atoms with Crippen molar-refractivity contribution in [3.8, 4) is 0 Å². The molecular formula is C19H28N2O2. The second-order valence-electron chi connectivity index (χ2n) is 7.15. The maximum atomic E-state index is 12.4. The Hall–Kier alpha value is -1.39. The SMILES string of the molecule is Cc1ccc([C@H](C)NC(=O)CN2CCOC3(CCCC3)C2)cc1. The van der Waals surface area contributed by atoms with Crippen LogP contribution in [0.15, 0.2) is 24.3 Å². The maximum Gasteiger partial charge on any atom is 0.234 e. The number of morpholine rings is 1. The van der Waals surface area contributed by atoms with Gasteiger partial charge in [0.05, 0.1) is 24.8 Å². The third-order valence-electron chi connectivity index (χ3n) is 5.16. The summed E-state index contributed by atoms with van der Waals surface area (Å²) in [6.45, 7) is 7.10. The van der Waals surface area contributed by atoms with Gasteiger partial charge in [0, 0.05) is 13.1 Å². The highest BCUT2D eigenvalue weighted by Gasteiger charge is 2.39. The standard InChI is InChI=1S/C19H28N2O2/c1-15-5-7-17(8-6-15)16(2)20-18(22)13-21-11-12-23-19(14-21)9-3-4-10-19/h5-8,16H,3-4,9-14H2,1-2H3,(H,20,22)/t16-/m0/s1. The van der Waals surface area contributed by atoms with E-state index in [4.69, 9.17) is 4.74 Å². The summed E-state index contributed by atoms with van der Waals surface area (Å²) in [5.41, 5.74) is 2.42. The first-order valence-corrected chi connectivity index (χ1v) is 8.79. The van der Waals surface area contributed by atoms with Crippen LogP contribution in [0, 0.1) is 6.92 Å². The molecule has 1 aromatic rings. The van der Waals surface area contributed by atoms with Crippen molar-refractivity contribution >= 4 is 5.91 Å². The van der Waals surface area contributed by atoms with E-state index in [2.05, 4.69) is 41.4 Å². The van der Waals surface area contributed by atoms with E-state index in [9.17, 15) is 4.79 Å². The minimum atomic E-state index is 0.0289. The molecule has 1 aliphatic carbocycles. The van der Waals surface area contributed by atoms with Crippen LogP contribution in [-0.2, 0) is 9.53 Å². The molecule has 0 unspecified atom stereocenters. The monoisotopic (exact) mass is 316 g/mol. The first-order chi connectivity index (χ1) is 11.1. The Labute approximate surface area is 139 Å². The molecule has 126 valence electrons. The Morgan fingerprint density at radius 2 is 2.00 bits per heavy atom. The molecule has 1 heterocycles. The lowest BCUT2D eigenvalue weighted by Crippen LogP contribution is -2.52. The van der Waals surface area contributed by atoms with Crippen LogP contribution in [0.2, 0.25) is 0 Å². The average Bonchev–Trinajstić information content (AvgIpc) is 2.95. The summed E-state index contributed by atoms with van der Waals surface area (Å²) in [5, 5.41) is 3.12. The minimum Gasteiger partial charge on any atom is -0.372 e. The number of carbonyl (C=O) groups excluding carboxylic acids is 1. The molecule has 1 saturated carbocycles. The topological polar surface area (TPSA) is 41.6 Å². The molecule has 2 fully saturated rings. The fraction of sp³-hybridized carbons (Fsp3) is 0.632. The summed E-state index contributed by atoms with van der Waals surface area (Å²) >= 11 is 0. The molecule has 1 saturated heterocycles. The molecule has 23 heavy (non-hydrogen) atoms. The molecule has 2 aliphatic rings. The molecular weight excluding hydrogens is 288 g/mol. The largest absolute Gasteiger partial charge is 0.372 e. The summed E-state index contributed by atoms with van der Waals surface area (Å²) in [6, 6.07) is 8.39. The van der Waals surface area contributed by atoms with Gasteiger partial charge < -0.3 is 10.1 Å². The average molecular weight is 316 g/mol. The Morgan fingerprint density at radius 3 is 2.70 bits per heavy atom. The van der Waals surface area contributed by atoms with Crippen molar-refractivity contribution < 1.29 is 9.53 Å². The van der Waals surface area contributed by atoms with Gasteiger partial charge in [0.15, 0.2) is 0 Å². The van der Waals surface area contributed by atoms with E-state index < -0.39 is 0 Å². The number of benzene rings is 1. The number of nitrogens with one attached hydrogen (secondary N) is 1. The Morgan fingerprint density at radius 1 is 1.30 bits per heavy atom. The van der Waals surface area contributed by atoms with Crippen LogP contribution in [0.25, 0.3) is 0 Å². The number of aryl methyl sites for hydroxylation is 1. The highest BCUT2D eigenvalue weighted by Crippen LogP contribution is 2.35. The van der Waals surface area contributed by atoms with E-state index in [1.807, 2.05) is 6.92 Å². The predicted molar refractivity (Wildman–Crippen MR) is 91.3 cm³/mol. The van der Waals surface area contributed by atoms with Gasteiger partial charge in [0.25, 0.3) is 0 Å². The molecule has 3 rings (SSSR count). The van der Waals surface area contributed by atoms with Gasteiger partial charge in [0.2, 0.25) is 5.91 Å². The first kappa shape index (κ1) is 16.5. The van der Waals surface area contributed by atoms with E-state index in [0.29, 0.717) is 6.54 Å². The lowest BCUT2D eigenvalue weighted by atomic mass is 10.00. The van der Waals surface area contributed by atoms with Crippen molar-refractivity contribution in [1.82, 2.24) is 10.2 Å². The summed E-state index contributed by atoms with van der Waals surface area (Å²) in [5.74, 6) is 0.105. The van der Waals surface area contributed by atoms with Crippen LogP contribution in [0.3, 0.4) is 0 Å². The number of carbonyl (C=O) groups is 1. The number of amides is 1. The Kier molecular flexibility index (Phi) is 5.02. The van der Waals surface area contributed by atoms with Gasteiger partial charge in [-0.3, -0.25) is 9.69 Å². The number of rotatable bonds is 4. The fourth-order valence-electron chi connectivity index (χ4n) is 3.81. The molecule has 1 amide bonds. The zero-order valence-corrected chi connectivity index (χ0v) is 14.3. The normalized spacial score (nSPS) is 22.2. The van der Waals surface area contributed by atoms with Crippen molar-refractivity contribution in [2.45, 2.75) is 51.2 Å². The number of hydrogen-bond acceptors (Lipinski definition) is 3. The molecule has 4 nitrogen and oxygen atoms in total. The summed E-state index contributed by atoms with van der Waals surface area (Å²) in [7, 11) is 0. The fourth-order valence-corrected chi connectivity index (χ4v) is 3.81. The highest BCUT2D eigenvalue weighted by atomic mass is 16.5. The van der Waals surface area contributed by atoms with Gasteiger partial charge in [-0.25, -0.2) is 0 Å². The van der Waals surface area contributed by atoms with Gasteiger partial charge >= 0.3 is 0 Å². The van der Waals surface area contributed by atoms with Crippen molar-refractivity contribution in [3.63, 3.8) is 0 Å². The van der Waals surface area contributed by atoms with E-state index >= 15 is 0 Å². The molecule has 4 heteroatoms. The van der Waals surface area contributed by atoms with E-state index in [-0.39, 0.29) is 17.6 Å². The molecule has 0 bridgehead atoms. The van der Waals surface area contributed by atoms with Crippen LogP contribution in [-0.4, -0.2) is 42.6 Å². The third-order valence-corrected chi connectivity index (χ3v) is 5.16. The van der Waals surface area contributed by atoms with Crippen LogP contribution in [0.4, 0.5) is 0 Å². The number of nitrogens with zero attached hydrogens (tertiary/aromatic N) is 1. The smallest absolute Gasteiger partial charge is 0.234 e. The Bertz CT molecular complexity index is 535.